The number of carbonyl (C=O) groups is 2. The third-order valence-electron chi connectivity index (χ3n) is 3.62. The molecule has 4 nitrogen and oxygen atoms in total. The first-order valence-electron chi connectivity index (χ1n) is 6.46. The molecule has 1 heterocycles. The molecule has 1 aliphatic carbocycles. The standard InChI is InChI=1S/C13H22N2O2/c1-8(2)10-11(16)14-13(3,4)12(17)15(10)7-9-5-6-9/h8-10H,5-7H2,1-4H3,(H,14,16). The summed E-state index contributed by atoms with van der Waals surface area (Å²) in [6, 6.07) is -0.295. The topological polar surface area (TPSA) is 49.4 Å². The van der Waals surface area contributed by atoms with Crippen LogP contribution in [0.15, 0.2) is 0 Å². The maximum absolute atomic E-state index is 12.4. The number of hydrogen-bond acceptors (Lipinski definition) is 2. The van der Waals surface area contributed by atoms with Crippen molar-refractivity contribution in [3.05, 3.63) is 0 Å². The summed E-state index contributed by atoms with van der Waals surface area (Å²) in [6.45, 7) is 8.30. The third kappa shape index (κ3) is 2.31. The molecule has 0 radical (unpaired) electrons. The van der Waals surface area contributed by atoms with Crippen LogP contribution in [0, 0.1) is 11.8 Å². The summed E-state index contributed by atoms with van der Waals surface area (Å²) >= 11 is 0. The molecular weight excluding hydrogens is 216 g/mol. The van der Waals surface area contributed by atoms with Crippen molar-refractivity contribution in [1.82, 2.24) is 10.2 Å². The van der Waals surface area contributed by atoms with Crippen LogP contribution in [0.1, 0.15) is 40.5 Å². The smallest absolute Gasteiger partial charge is 0.248 e. The van der Waals surface area contributed by atoms with E-state index in [0.29, 0.717) is 5.92 Å². The molecule has 0 aromatic carbocycles. The molecule has 1 N–H and O–H groups in total. The second-order valence-corrected chi connectivity index (χ2v) is 6.20. The average Bonchev–Trinajstić information content (AvgIpc) is 2.96. The van der Waals surface area contributed by atoms with Gasteiger partial charge in [-0.15, -0.1) is 0 Å². The summed E-state index contributed by atoms with van der Waals surface area (Å²) in [5.41, 5.74) is -0.753. The van der Waals surface area contributed by atoms with E-state index in [-0.39, 0.29) is 23.8 Å². The molecule has 2 amide bonds. The van der Waals surface area contributed by atoms with Crippen LogP contribution < -0.4 is 5.32 Å². The Labute approximate surface area is 103 Å². The molecule has 17 heavy (non-hydrogen) atoms. The van der Waals surface area contributed by atoms with Crippen LogP contribution in [0.5, 0.6) is 0 Å². The minimum Gasteiger partial charge on any atom is -0.340 e. The molecular formula is C13H22N2O2. The summed E-state index contributed by atoms with van der Waals surface area (Å²) in [7, 11) is 0. The zero-order valence-corrected chi connectivity index (χ0v) is 11.1. The second kappa shape index (κ2) is 4.00. The molecule has 0 aromatic rings. The largest absolute Gasteiger partial charge is 0.340 e. The lowest BCUT2D eigenvalue weighted by atomic mass is 9.91. The SMILES string of the molecule is CC(C)C1C(=O)NC(C)(C)C(=O)N1CC1CC1. The number of hydrogen-bond donors (Lipinski definition) is 1. The molecule has 1 saturated heterocycles. The highest BCUT2D eigenvalue weighted by Crippen LogP contribution is 2.33. The maximum atomic E-state index is 12.4. The van der Waals surface area contributed by atoms with Crippen molar-refractivity contribution < 1.29 is 9.59 Å². The van der Waals surface area contributed by atoms with Crippen LogP contribution in [-0.2, 0) is 9.59 Å². The summed E-state index contributed by atoms with van der Waals surface area (Å²) < 4.78 is 0. The van der Waals surface area contributed by atoms with Crippen molar-refractivity contribution in [3.63, 3.8) is 0 Å². The van der Waals surface area contributed by atoms with E-state index in [1.165, 1.54) is 12.8 Å². The van der Waals surface area contributed by atoms with Gasteiger partial charge in [-0.25, -0.2) is 0 Å². The van der Waals surface area contributed by atoms with E-state index in [4.69, 9.17) is 0 Å². The van der Waals surface area contributed by atoms with Gasteiger partial charge in [-0.3, -0.25) is 9.59 Å². The van der Waals surface area contributed by atoms with Gasteiger partial charge < -0.3 is 10.2 Å². The highest BCUT2D eigenvalue weighted by Gasteiger charge is 2.47. The van der Waals surface area contributed by atoms with Gasteiger partial charge in [-0.1, -0.05) is 13.8 Å². The highest BCUT2D eigenvalue weighted by molar-refractivity contribution is 5.99. The normalized spacial score (nSPS) is 28.5. The summed E-state index contributed by atoms with van der Waals surface area (Å²) in [6.07, 6.45) is 2.38. The molecule has 0 bridgehead atoms. The molecule has 0 aromatic heterocycles. The van der Waals surface area contributed by atoms with Gasteiger partial charge in [-0.05, 0) is 38.5 Å². The fraction of sp³-hybridized carbons (Fsp3) is 0.846. The lowest BCUT2D eigenvalue weighted by Gasteiger charge is -2.44. The van der Waals surface area contributed by atoms with E-state index in [9.17, 15) is 9.59 Å². The van der Waals surface area contributed by atoms with Crippen molar-refractivity contribution in [1.29, 1.82) is 0 Å². The van der Waals surface area contributed by atoms with Crippen molar-refractivity contribution >= 4 is 11.8 Å². The van der Waals surface area contributed by atoms with Crippen molar-refractivity contribution in [2.24, 2.45) is 11.8 Å². The van der Waals surface area contributed by atoms with Crippen molar-refractivity contribution in [3.8, 4) is 0 Å². The van der Waals surface area contributed by atoms with Gasteiger partial charge in [0.15, 0.2) is 0 Å². The van der Waals surface area contributed by atoms with Gasteiger partial charge in [0, 0.05) is 6.54 Å². The van der Waals surface area contributed by atoms with E-state index in [2.05, 4.69) is 5.32 Å². The molecule has 1 unspecified atom stereocenters. The molecule has 96 valence electrons. The summed E-state index contributed by atoms with van der Waals surface area (Å²) in [5, 5.41) is 2.83. The highest BCUT2D eigenvalue weighted by atomic mass is 16.2. The zero-order valence-electron chi connectivity index (χ0n) is 11.1. The third-order valence-corrected chi connectivity index (χ3v) is 3.62. The maximum Gasteiger partial charge on any atom is 0.248 e. The van der Waals surface area contributed by atoms with Gasteiger partial charge in [0.05, 0.1) is 0 Å². The minimum atomic E-state index is -0.753. The van der Waals surface area contributed by atoms with Crippen molar-refractivity contribution in [2.45, 2.75) is 52.1 Å². The summed E-state index contributed by atoms with van der Waals surface area (Å²) in [4.78, 5) is 26.3. The molecule has 1 saturated carbocycles. The van der Waals surface area contributed by atoms with Crippen LogP contribution in [0.3, 0.4) is 0 Å². The van der Waals surface area contributed by atoms with Gasteiger partial charge in [0.1, 0.15) is 11.6 Å². The summed E-state index contributed by atoms with van der Waals surface area (Å²) in [5.74, 6) is 0.823. The Hall–Kier alpha value is -1.06. The van der Waals surface area contributed by atoms with Gasteiger partial charge in [0.25, 0.3) is 0 Å². The number of nitrogens with zero attached hydrogens (tertiary/aromatic N) is 1. The predicted octanol–water partition coefficient (Wildman–Crippen LogP) is 1.16. The quantitative estimate of drug-likeness (QED) is 0.802. The van der Waals surface area contributed by atoms with Crippen molar-refractivity contribution in [2.75, 3.05) is 6.54 Å². The Kier molecular flexibility index (Phi) is 2.92. The Morgan fingerprint density at radius 2 is 1.94 bits per heavy atom. The number of nitrogens with one attached hydrogen (secondary N) is 1. The Bertz CT molecular complexity index is 345. The van der Waals surface area contributed by atoms with E-state index in [0.717, 1.165) is 6.54 Å². The Balaban J connectivity index is 2.23. The van der Waals surface area contributed by atoms with Gasteiger partial charge >= 0.3 is 0 Å². The Morgan fingerprint density at radius 3 is 2.41 bits per heavy atom. The monoisotopic (exact) mass is 238 g/mol. The van der Waals surface area contributed by atoms with Crippen LogP contribution >= 0.6 is 0 Å². The molecule has 2 rings (SSSR count). The van der Waals surface area contributed by atoms with Gasteiger partial charge in [-0.2, -0.15) is 0 Å². The fourth-order valence-corrected chi connectivity index (χ4v) is 2.50. The predicted molar refractivity (Wildman–Crippen MR) is 65.3 cm³/mol. The zero-order chi connectivity index (χ0) is 12.8. The number of amides is 2. The van der Waals surface area contributed by atoms with Crippen LogP contribution in [0.4, 0.5) is 0 Å². The van der Waals surface area contributed by atoms with Crippen LogP contribution in [0.25, 0.3) is 0 Å². The van der Waals surface area contributed by atoms with E-state index >= 15 is 0 Å². The van der Waals surface area contributed by atoms with E-state index in [1.54, 1.807) is 18.7 Å². The van der Waals surface area contributed by atoms with E-state index < -0.39 is 5.54 Å². The second-order valence-electron chi connectivity index (χ2n) is 6.20. The first kappa shape index (κ1) is 12.4. The number of piperazine rings is 1. The molecule has 1 aliphatic heterocycles. The van der Waals surface area contributed by atoms with Crippen LogP contribution in [0.2, 0.25) is 0 Å². The lowest BCUT2D eigenvalue weighted by Crippen LogP contribution is -2.69. The lowest BCUT2D eigenvalue weighted by molar-refractivity contribution is -0.155. The van der Waals surface area contributed by atoms with Crippen LogP contribution in [-0.4, -0.2) is 34.8 Å². The van der Waals surface area contributed by atoms with E-state index in [1.807, 2.05) is 13.8 Å². The average molecular weight is 238 g/mol. The first-order chi connectivity index (χ1) is 7.83. The molecule has 2 fully saturated rings. The fourth-order valence-electron chi connectivity index (χ4n) is 2.50. The number of rotatable bonds is 3. The first-order valence-corrected chi connectivity index (χ1v) is 6.46. The number of carbonyl (C=O) groups excluding carboxylic acids is 2. The minimum absolute atomic E-state index is 0.00903. The molecule has 4 heteroatoms. The molecule has 0 spiro atoms. The molecule has 2 aliphatic rings. The van der Waals surface area contributed by atoms with Gasteiger partial charge in [0.2, 0.25) is 11.8 Å². The Morgan fingerprint density at radius 1 is 1.35 bits per heavy atom. The molecule has 1 atom stereocenters.